The Kier molecular flexibility index (Phi) is 29.1. The number of phenolic OH excluding ortho intramolecular Hbond substituents is 4. The molecule has 4 heterocycles. The maximum Gasteiger partial charge on any atom is 0.286 e. The molecule has 13 rings (SSSR count). The predicted molar refractivity (Wildman–Crippen MR) is 454 cm³/mol. The fraction of sp³-hybridized carbons (Fsp3) is 0.104. The molecule has 28 nitrogen and oxygen atoms in total. The number of rotatable bonds is 16. The third kappa shape index (κ3) is 22.1. The van der Waals surface area contributed by atoms with Crippen LogP contribution in [-0.4, -0.2) is 124 Å². The molecule has 10 N–H and O–H groups in total. The van der Waals surface area contributed by atoms with E-state index in [0.717, 1.165) is 10.6 Å². The summed E-state index contributed by atoms with van der Waals surface area (Å²) in [6, 6.07) is 40.0. The number of fused-ring (bicyclic) bond motifs is 1. The number of amides is 5. The lowest BCUT2D eigenvalue weighted by Crippen LogP contribution is -2.46. The Morgan fingerprint density at radius 1 is 0.581 bits per heavy atom. The molecule has 2 aromatic heterocycles. The number of thioether (sulfide) groups is 1. The lowest BCUT2D eigenvalue weighted by molar-refractivity contribution is -0.124. The van der Waals surface area contributed by atoms with Gasteiger partial charge in [0.15, 0.2) is 40.3 Å². The Hall–Kier alpha value is -11.3. The highest BCUT2D eigenvalue weighted by molar-refractivity contribution is 7.99. The predicted octanol–water partition coefficient (Wildman–Crippen LogP) is 17.5. The van der Waals surface area contributed by atoms with Crippen molar-refractivity contribution in [2.75, 3.05) is 27.0 Å². The van der Waals surface area contributed by atoms with E-state index in [0.29, 0.717) is 28.2 Å². The quantitative estimate of drug-likeness (QED) is 0.0244. The second kappa shape index (κ2) is 38.6. The smallest absolute Gasteiger partial charge is 0.286 e. The number of para-hydroxylation sites is 4. The number of carbonyl (C=O) groups excluding carboxylic acids is 6. The van der Waals surface area contributed by atoms with Crippen molar-refractivity contribution < 1.29 is 62.0 Å². The minimum Gasteiger partial charge on any atom is -0.505 e. The molecular formula is C77H58Cl9FN16O12S2. The van der Waals surface area contributed by atoms with Crippen LogP contribution in [0.1, 0.15) is 45.5 Å². The van der Waals surface area contributed by atoms with Gasteiger partial charge in [0.2, 0.25) is 23.4 Å². The number of halogens is 10. The van der Waals surface area contributed by atoms with Crippen LogP contribution in [0.2, 0.25) is 45.2 Å². The molecule has 0 bridgehead atoms. The molecule has 0 atom stereocenters. The lowest BCUT2D eigenvalue weighted by atomic mass is 9.72. The monoisotopic (exact) mass is 1800 g/mol. The van der Waals surface area contributed by atoms with Crippen molar-refractivity contribution in [2.45, 2.75) is 43.9 Å². The SMILES string of the molecule is CC(=O)NC1=CC(=Nc2cc(Cl)c(O)c(Cl)c2)C2=C(C1=O)C(C)(C)CC(=O)N2.CCSc1ccccc1NC(=O)C(=Nc1cc(Cl)c(O)c(Cl)c1)c1ccncc1.Cn1nnnc1C(=Nc1cc(Cl)c(O)c(Cl)c1)C(=O)Nc1ccccc1F.O=C(Nc1ccccc1Cl)C(=Nc1cc(Cl)c(O)c(Cl)c1)C1=NS(=O)(=O)c2ccccc2N1. The van der Waals surface area contributed by atoms with Crippen LogP contribution in [0.25, 0.3) is 0 Å². The van der Waals surface area contributed by atoms with E-state index >= 15 is 0 Å². The number of anilines is 4. The van der Waals surface area contributed by atoms with Gasteiger partial charge in [0, 0.05) is 54.2 Å². The first-order valence-electron chi connectivity index (χ1n) is 33.7. The van der Waals surface area contributed by atoms with Gasteiger partial charge in [-0.15, -0.1) is 21.3 Å². The molecule has 0 saturated heterocycles. The maximum atomic E-state index is 13.8. The molecule has 1 aliphatic carbocycles. The van der Waals surface area contributed by atoms with Gasteiger partial charge in [0.25, 0.3) is 27.7 Å². The largest absolute Gasteiger partial charge is 0.505 e. The van der Waals surface area contributed by atoms with Crippen LogP contribution in [0, 0.1) is 11.2 Å². The van der Waals surface area contributed by atoms with Gasteiger partial charge in [-0.2, -0.15) is 8.42 Å². The van der Waals surface area contributed by atoms with Crippen molar-refractivity contribution in [3.8, 4) is 23.0 Å². The summed E-state index contributed by atoms with van der Waals surface area (Å²) in [5.74, 6) is -4.17. The number of aryl methyl sites for hydroxylation is 1. The number of allylic oxidation sites excluding steroid dienone is 2. The number of nitrogens with one attached hydrogen (secondary N) is 6. The molecule has 600 valence electrons. The van der Waals surface area contributed by atoms with E-state index in [1.54, 1.807) is 92.6 Å². The van der Waals surface area contributed by atoms with Crippen LogP contribution < -0.4 is 31.9 Å². The van der Waals surface area contributed by atoms with Crippen LogP contribution in [-0.2, 0) is 45.8 Å². The van der Waals surface area contributed by atoms with Crippen LogP contribution in [0.4, 0.5) is 49.9 Å². The van der Waals surface area contributed by atoms with Gasteiger partial charge in [0.1, 0.15) is 16.4 Å². The van der Waals surface area contributed by atoms with Crippen molar-refractivity contribution in [3.05, 3.63) is 256 Å². The zero-order chi connectivity index (χ0) is 84.9. The number of amidine groups is 1. The standard InChI is InChI=1S/C21H13Cl3N4O4S.C21H17Cl2N3O2S.C19H17Cl2N3O4.C16H11Cl2FN6O2/c22-12-5-1-2-6-15(12)27-21(30)18(25-11-9-13(23)19(29)14(24)10-11)20-26-16-7-3-4-8-17(16)33(31,32)28-20;1-2-29-18-6-4-3-5-17(18)26-21(28)19(13-7-9-24-10-8-13)25-14-11-15(22)20(27)16(23)12-14;1-8(25)22-13-6-12(23-9-4-10(20)17(27)11(21)5-9)16-15(18(13)28)19(2,3)7-14(26)24-16;1-25-15(22-23-24-25)13(16(27)21-12-5-3-2-4-11(12)19)20-8-6-9(17)14(26)10(18)7-8/h1-10,29H,(H,26,28)(H,27,30);3-12,27H,2H2,1H3,(H,26,28);4-6,27H,7H2,1-3H3,(H,22,25)(H,24,26);2-7,26H,1H3,(H,21,27). The first kappa shape index (κ1) is 88.0. The van der Waals surface area contributed by atoms with E-state index < -0.39 is 39.0 Å². The van der Waals surface area contributed by atoms with E-state index in [-0.39, 0.29) is 171 Å². The zero-order valence-corrected chi connectivity index (χ0v) is 69.2. The first-order valence-corrected chi connectivity index (χ1v) is 39.5. The summed E-state index contributed by atoms with van der Waals surface area (Å²) in [7, 11) is -2.61. The fourth-order valence-corrected chi connectivity index (χ4v) is 14.8. The second-order valence-corrected chi connectivity index (χ2v) is 31.5. The molecule has 5 amide bonds. The molecule has 0 spiro atoms. The number of benzene rings is 8. The molecule has 10 aromatic rings. The molecule has 0 saturated carbocycles. The van der Waals surface area contributed by atoms with E-state index in [2.05, 4.69) is 76.8 Å². The van der Waals surface area contributed by atoms with Crippen molar-refractivity contribution in [1.82, 2.24) is 35.8 Å². The number of aromatic nitrogens is 5. The number of aromatic hydroxyl groups is 4. The number of ketones is 1. The molecule has 2 aliphatic heterocycles. The van der Waals surface area contributed by atoms with Crippen molar-refractivity contribution >= 4 is 236 Å². The van der Waals surface area contributed by atoms with Crippen LogP contribution in [0.5, 0.6) is 23.0 Å². The van der Waals surface area contributed by atoms with Gasteiger partial charge in [-0.05, 0) is 131 Å². The highest BCUT2D eigenvalue weighted by Gasteiger charge is 2.43. The summed E-state index contributed by atoms with van der Waals surface area (Å²) in [6.07, 6.45) is 4.67. The molecule has 0 radical (unpaired) electrons. The van der Waals surface area contributed by atoms with Crippen molar-refractivity contribution in [1.29, 1.82) is 0 Å². The first-order chi connectivity index (χ1) is 55.5. The highest BCUT2D eigenvalue weighted by Crippen LogP contribution is 2.43. The maximum absolute atomic E-state index is 13.8. The molecule has 3 aliphatic rings. The number of hydrogen-bond donors (Lipinski definition) is 10. The fourth-order valence-electron chi connectivity index (χ4n) is 10.8. The number of pyridine rings is 1. The number of hydrogen-bond acceptors (Lipinski definition) is 22. The van der Waals surface area contributed by atoms with E-state index in [4.69, 9.17) is 104 Å². The number of Topliss-reactive ketones (excluding diaryl/α,β-unsaturated/α-hetero) is 1. The third-order valence-electron chi connectivity index (χ3n) is 16.1. The molecule has 40 heteroatoms. The van der Waals surface area contributed by atoms with Crippen molar-refractivity contribution in [3.63, 3.8) is 0 Å². The van der Waals surface area contributed by atoms with Crippen LogP contribution in [0.3, 0.4) is 0 Å². The lowest BCUT2D eigenvalue weighted by Gasteiger charge is -2.36. The number of nitrogens with zero attached hydrogens (tertiary/aromatic N) is 10. The number of phenols is 4. The van der Waals surface area contributed by atoms with Gasteiger partial charge in [-0.1, -0.05) is 174 Å². The average Bonchev–Trinajstić information content (AvgIpc) is 1.30. The summed E-state index contributed by atoms with van der Waals surface area (Å²) in [5.41, 5.74) is 2.43. The molecule has 117 heavy (non-hydrogen) atoms. The minimum absolute atomic E-state index is 0.00649. The average molecular weight is 1800 g/mol. The number of carbonyl (C=O) groups is 6. The van der Waals surface area contributed by atoms with E-state index in [1.165, 1.54) is 104 Å². The molecule has 0 unspecified atom stereocenters. The van der Waals surface area contributed by atoms with Crippen molar-refractivity contribution in [2.24, 2.45) is 36.8 Å². The zero-order valence-electron chi connectivity index (χ0n) is 60.8. The number of aliphatic imine (C=N–C) groups is 4. The summed E-state index contributed by atoms with van der Waals surface area (Å²) >= 11 is 55.4. The van der Waals surface area contributed by atoms with E-state index in [1.807, 2.05) is 31.2 Å². The normalized spacial score (nSPS) is 14.4. The Labute approximate surface area is 714 Å². The highest BCUT2D eigenvalue weighted by atomic mass is 35.5. The Morgan fingerprint density at radius 3 is 1.57 bits per heavy atom. The number of tetrazole rings is 1. The molecule has 8 aromatic carbocycles. The topological polar surface area (TPSA) is 408 Å². The minimum atomic E-state index is -4.12. The number of sulfonamides is 1. The summed E-state index contributed by atoms with van der Waals surface area (Å²) in [4.78, 5) is 97.9. The van der Waals surface area contributed by atoms with Crippen LogP contribution in [0.15, 0.2) is 227 Å². The van der Waals surface area contributed by atoms with Gasteiger partial charge >= 0.3 is 0 Å². The van der Waals surface area contributed by atoms with Crippen LogP contribution >= 0.6 is 116 Å². The molecular weight excluding hydrogens is 1740 g/mol. The Bertz CT molecular complexity index is 5940. The van der Waals surface area contributed by atoms with Gasteiger partial charge < -0.3 is 52.3 Å². The second-order valence-electron chi connectivity index (χ2n) is 25.0. The Morgan fingerprint density at radius 2 is 1.04 bits per heavy atom. The molecule has 0 fully saturated rings. The van der Waals surface area contributed by atoms with E-state index in [9.17, 15) is 62.0 Å². The Balaban J connectivity index is 0.000000165. The van der Waals surface area contributed by atoms with Gasteiger partial charge in [-0.25, -0.2) is 29.0 Å². The van der Waals surface area contributed by atoms with Gasteiger partial charge in [0.05, 0.1) is 108 Å². The summed E-state index contributed by atoms with van der Waals surface area (Å²) < 4.78 is 44.2. The summed E-state index contributed by atoms with van der Waals surface area (Å²) in [6.45, 7) is 6.90. The third-order valence-corrected chi connectivity index (χ3v) is 21.0. The van der Waals surface area contributed by atoms with Gasteiger partial charge in [-0.3, -0.25) is 33.8 Å². The summed E-state index contributed by atoms with van der Waals surface area (Å²) in [5, 5.41) is 65.9.